The topological polar surface area (TPSA) is 104 Å². The molecule has 3 aromatic rings. The highest BCUT2D eigenvalue weighted by Crippen LogP contribution is 2.34. The van der Waals surface area contributed by atoms with Crippen LogP contribution in [0.2, 0.25) is 0 Å². The first-order valence-electron chi connectivity index (χ1n) is 13.1. The van der Waals surface area contributed by atoms with Gasteiger partial charge in [-0.2, -0.15) is 4.98 Å². The number of amides is 1. The summed E-state index contributed by atoms with van der Waals surface area (Å²) in [6, 6.07) is 8.10. The van der Waals surface area contributed by atoms with Crippen LogP contribution >= 0.6 is 0 Å². The van der Waals surface area contributed by atoms with E-state index in [2.05, 4.69) is 40.1 Å². The van der Waals surface area contributed by atoms with Crippen LogP contribution in [0.4, 0.5) is 17.6 Å². The lowest BCUT2D eigenvalue weighted by Crippen LogP contribution is -2.43. The van der Waals surface area contributed by atoms with E-state index >= 15 is 0 Å². The maximum absolute atomic E-state index is 11.9. The second-order valence-electron chi connectivity index (χ2n) is 10.8. The summed E-state index contributed by atoms with van der Waals surface area (Å²) in [5.41, 5.74) is 0.590. The normalized spacial score (nSPS) is 19.6. The van der Waals surface area contributed by atoms with Crippen LogP contribution in [0.25, 0.3) is 10.8 Å². The van der Waals surface area contributed by atoms with E-state index in [0.29, 0.717) is 49.4 Å². The highest BCUT2D eigenvalue weighted by Gasteiger charge is 2.29. The van der Waals surface area contributed by atoms with Gasteiger partial charge < -0.3 is 25.0 Å². The monoisotopic (exact) mass is 504 g/mol. The smallest absolute Gasteiger partial charge is 0.227 e. The summed E-state index contributed by atoms with van der Waals surface area (Å²) in [6.07, 6.45) is 6.37. The minimum Gasteiger partial charge on any atom is -0.491 e. The van der Waals surface area contributed by atoms with Crippen LogP contribution in [0, 0.1) is 0 Å². The van der Waals surface area contributed by atoms with Gasteiger partial charge in [-0.25, -0.2) is 9.97 Å². The molecule has 0 aliphatic carbocycles. The number of rotatable bonds is 7. The summed E-state index contributed by atoms with van der Waals surface area (Å²) in [6.45, 7) is 8.13. The third kappa shape index (κ3) is 5.46. The minimum atomic E-state index is -0.623. The number of likely N-dealkylation sites (tertiary alicyclic amines) is 1. The fraction of sp³-hybridized carbons (Fsp3) is 0.500. The van der Waals surface area contributed by atoms with Gasteiger partial charge >= 0.3 is 0 Å². The molecule has 9 nitrogen and oxygen atoms in total. The lowest BCUT2D eigenvalue weighted by molar-refractivity contribution is -0.127. The van der Waals surface area contributed by atoms with Crippen molar-refractivity contribution in [1.82, 2.24) is 19.9 Å². The van der Waals surface area contributed by atoms with Crippen molar-refractivity contribution in [3.63, 3.8) is 0 Å². The molecule has 1 amide bonds. The van der Waals surface area contributed by atoms with Crippen molar-refractivity contribution in [2.75, 3.05) is 37.0 Å². The van der Waals surface area contributed by atoms with Crippen molar-refractivity contribution in [2.45, 2.75) is 64.0 Å². The van der Waals surface area contributed by atoms with Crippen molar-refractivity contribution in [2.24, 2.45) is 0 Å². The van der Waals surface area contributed by atoms with Crippen LogP contribution < -0.4 is 15.0 Å². The quantitative estimate of drug-likeness (QED) is 0.492. The summed E-state index contributed by atoms with van der Waals surface area (Å²) >= 11 is 0. The standard InChI is InChI=1S/C28H36N6O3/c1-18(2)20-6-7-23(37-17-19-5-8-26(35)33(19)4)22-16-30-25(15-21(20)22)31-24-9-12-29-27(32-24)34-13-10-28(3,36)11-14-34/h6-7,9,12,15-16,18-19,36H,5,8,10-11,13-14,17H2,1-4H3,(H,29,30,31,32). The van der Waals surface area contributed by atoms with Gasteiger partial charge in [0.15, 0.2) is 0 Å². The van der Waals surface area contributed by atoms with E-state index in [1.807, 2.05) is 38.4 Å². The predicted octanol–water partition coefficient (Wildman–Crippen LogP) is 4.24. The van der Waals surface area contributed by atoms with Crippen molar-refractivity contribution < 1.29 is 14.6 Å². The Morgan fingerprint density at radius 2 is 1.95 bits per heavy atom. The molecule has 2 aromatic heterocycles. The van der Waals surface area contributed by atoms with Gasteiger partial charge in [0, 0.05) is 44.3 Å². The third-order valence-corrected chi connectivity index (χ3v) is 7.60. The Morgan fingerprint density at radius 1 is 1.16 bits per heavy atom. The zero-order valence-electron chi connectivity index (χ0n) is 22.1. The first-order chi connectivity index (χ1) is 17.7. The average Bonchev–Trinajstić information content (AvgIpc) is 3.19. The lowest BCUT2D eigenvalue weighted by Gasteiger charge is -2.35. The summed E-state index contributed by atoms with van der Waals surface area (Å²) in [5, 5.41) is 15.6. The number of aliphatic hydroxyl groups is 1. The summed E-state index contributed by atoms with van der Waals surface area (Å²) in [7, 11) is 1.84. The number of carbonyl (C=O) groups excluding carboxylic acids is 1. The van der Waals surface area contributed by atoms with Crippen LogP contribution in [-0.4, -0.2) is 69.3 Å². The van der Waals surface area contributed by atoms with Crippen molar-refractivity contribution >= 4 is 34.3 Å². The van der Waals surface area contributed by atoms with Crippen LogP contribution in [0.5, 0.6) is 5.75 Å². The van der Waals surface area contributed by atoms with E-state index in [9.17, 15) is 9.90 Å². The Bertz CT molecular complexity index is 1280. The van der Waals surface area contributed by atoms with Gasteiger partial charge in [-0.15, -0.1) is 0 Å². The van der Waals surface area contributed by atoms with Crippen molar-refractivity contribution in [3.05, 3.63) is 42.2 Å². The molecule has 4 heterocycles. The van der Waals surface area contributed by atoms with Gasteiger partial charge in [-0.3, -0.25) is 4.79 Å². The average molecular weight is 505 g/mol. The zero-order valence-corrected chi connectivity index (χ0v) is 22.1. The molecule has 9 heteroatoms. The molecule has 1 unspecified atom stereocenters. The molecular weight excluding hydrogens is 468 g/mol. The van der Waals surface area contributed by atoms with Gasteiger partial charge in [0.1, 0.15) is 24.0 Å². The molecule has 2 saturated heterocycles. The van der Waals surface area contributed by atoms with E-state index < -0.39 is 5.60 Å². The number of fused-ring (bicyclic) bond motifs is 1. The minimum absolute atomic E-state index is 0.0965. The van der Waals surface area contributed by atoms with Crippen LogP contribution in [-0.2, 0) is 4.79 Å². The Labute approximate surface area is 217 Å². The number of benzene rings is 1. The highest BCUT2D eigenvalue weighted by atomic mass is 16.5. The van der Waals surface area contributed by atoms with E-state index in [1.54, 1.807) is 11.1 Å². The molecule has 2 aliphatic rings. The Morgan fingerprint density at radius 3 is 2.65 bits per heavy atom. The maximum atomic E-state index is 11.9. The molecule has 5 rings (SSSR count). The van der Waals surface area contributed by atoms with Gasteiger partial charge in [0.05, 0.1) is 11.6 Å². The van der Waals surface area contributed by atoms with Gasteiger partial charge in [0.25, 0.3) is 0 Å². The van der Waals surface area contributed by atoms with Crippen LogP contribution in [0.3, 0.4) is 0 Å². The molecule has 196 valence electrons. The molecule has 2 aliphatic heterocycles. The Kier molecular flexibility index (Phi) is 6.90. The number of aromatic nitrogens is 3. The molecule has 1 aromatic carbocycles. The van der Waals surface area contributed by atoms with Gasteiger partial charge in [-0.1, -0.05) is 19.9 Å². The summed E-state index contributed by atoms with van der Waals surface area (Å²) in [4.78, 5) is 29.6. The summed E-state index contributed by atoms with van der Waals surface area (Å²) < 4.78 is 6.21. The zero-order chi connectivity index (χ0) is 26.2. The Hall–Kier alpha value is -3.46. The number of hydrogen-bond donors (Lipinski definition) is 2. The number of nitrogens with one attached hydrogen (secondary N) is 1. The SMILES string of the molecule is CC(C)c1ccc(OCC2CCC(=O)N2C)c2cnc(Nc3ccnc(N4CCC(C)(O)CC4)n3)cc12. The first-order valence-corrected chi connectivity index (χ1v) is 13.1. The van der Waals surface area contributed by atoms with Crippen molar-refractivity contribution in [1.29, 1.82) is 0 Å². The molecule has 0 bridgehead atoms. The third-order valence-electron chi connectivity index (χ3n) is 7.60. The fourth-order valence-electron chi connectivity index (χ4n) is 5.07. The highest BCUT2D eigenvalue weighted by molar-refractivity contribution is 5.92. The fourth-order valence-corrected chi connectivity index (χ4v) is 5.07. The van der Waals surface area contributed by atoms with E-state index in [4.69, 9.17) is 9.72 Å². The molecule has 1 atom stereocenters. The largest absolute Gasteiger partial charge is 0.491 e. The maximum Gasteiger partial charge on any atom is 0.227 e. The molecule has 0 radical (unpaired) electrons. The second-order valence-corrected chi connectivity index (χ2v) is 10.8. The Balaban J connectivity index is 1.37. The van der Waals surface area contributed by atoms with E-state index in [-0.39, 0.29) is 11.9 Å². The number of anilines is 3. The molecule has 2 fully saturated rings. The molecule has 2 N–H and O–H groups in total. The van der Waals surface area contributed by atoms with Crippen LogP contribution in [0.1, 0.15) is 57.9 Å². The second kappa shape index (κ2) is 10.1. The molecular formula is C28H36N6O3. The summed E-state index contributed by atoms with van der Waals surface area (Å²) in [5.74, 6) is 3.28. The van der Waals surface area contributed by atoms with Gasteiger partial charge in [-0.05, 0) is 61.3 Å². The number of likely N-dealkylation sites (N-methyl/N-ethyl adjacent to an activating group) is 1. The number of piperidine rings is 1. The first kappa shape index (κ1) is 25.2. The number of hydrogen-bond acceptors (Lipinski definition) is 8. The van der Waals surface area contributed by atoms with E-state index in [1.165, 1.54) is 5.56 Å². The van der Waals surface area contributed by atoms with E-state index in [0.717, 1.165) is 36.0 Å². The van der Waals surface area contributed by atoms with Crippen LogP contribution in [0.15, 0.2) is 36.7 Å². The molecule has 0 saturated carbocycles. The molecule has 0 spiro atoms. The number of pyridine rings is 1. The number of nitrogens with zero attached hydrogens (tertiary/aromatic N) is 5. The molecule has 37 heavy (non-hydrogen) atoms. The predicted molar refractivity (Wildman–Crippen MR) is 145 cm³/mol. The lowest BCUT2D eigenvalue weighted by atomic mass is 9.94. The number of carbonyl (C=O) groups is 1. The van der Waals surface area contributed by atoms with Gasteiger partial charge in [0.2, 0.25) is 11.9 Å². The number of ether oxygens (including phenoxy) is 1. The van der Waals surface area contributed by atoms with Crippen molar-refractivity contribution in [3.8, 4) is 5.75 Å².